The third-order valence-corrected chi connectivity index (χ3v) is 3.56. The van der Waals surface area contributed by atoms with Crippen LogP contribution in [0, 0.1) is 11.8 Å². The smallest absolute Gasteiger partial charge is 0.117 e. The average Bonchev–Trinajstić information content (AvgIpc) is 2.36. The van der Waals surface area contributed by atoms with E-state index in [-0.39, 0.29) is 24.1 Å². The molecule has 0 bridgehead atoms. The Bertz CT molecular complexity index is 310. The maximum absolute atomic E-state index is 12.9. The lowest BCUT2D eigenvalue weighted by atomic mass is 9.89. The van der Waals surface area contributed by atoms with E-state index in [1.54, 1.807) is 0 Å². The number of alkyl halides is 1. The molecule has 0 radical (unpaired) electrons. The molecule has 5 heteroatoms. The maximum Gasteiger partial charge on any atom is 0.117 e. The van der Waals surface area contributed by atoms with Gasteiger partial charge >= 0.3 is 0 Å². The predicted molar refractivity (Wildman–Crippen MR) is 72.8 cm³/mol. The molecule has 2 aliphatic heterocycles. The number of hydrogen-bond acceptors (Lipinski definition) is 3. The standard InChI is InChI=1S/C13H21FN2O.ClH/c1-2-3-8-16-10-12(9-14)17-13(11-16)4-6-15-7-5-13;/h12,15H,4-11H2,1H3;1H. The monoisotopic (exact) mass is 276 g/mol. The summed E-state index contributed by atoms with van der Waals surface area (Å²) in [6.07, 6.45) is 1.67. The zero-order valence-electron chi connectivity index (χ0n) is 10.9. The molecule has 0 aromatic carbocycles. The first-order valence-corrected chi connectivity index (χ1v) is 6.34. The van der Waals surface area contributed by atoms with Gasteiger partial charge in [-0.15, -0.1) is 18.3 Å². The molecule has 18 heavy (non-hydrogen) atoms. The van der Waals surface area contributed by atoms with Crippen LogP contribution in [0.2, 0.25) is 0 Å². The molecule has 3 nitrogen and oxygen atoms in total. The van der Waals surface area contributed by atoms with Crippen LogP contribution in [-0.2, 0) is 4.74 Å². The van der Waals surface area contributed by atoms with Crippen LogP contribution in [0.4, 0.5) is 4.39 Å². The zero-order chi connectivity index (χ0) is 12.1. The van der Waals surface area contributed by atoms with Crippen molar-refractivity contribution in [2.45, 2.75) is 31.5 Å². The lowest BCUT2D eigenvalue weighted by Gasteiger charge is -2.47. The van der Waals surface area contributed by atoms with Crippen molar-refractivity contribution < 1.29 is 9.13 Å². The van der Waals surface area contributed by atoms with Gasteiger partial charge in [0.25, 0.3) is 0 Å². The number of halogens is 2. The minimum atomic E-state index is -0.398. The fourth-order valence-electron chi connectivity index (χ4n) is 2.74. The number of nitrogens with zero attached hydrogens (tertiary/aromatic N) is 1. The summed E-state index contributed by atoms with van der Waals surface area (Å²) in [6, 6.07) is 0. The number of ether oxygens (including phenoxy) is 1. The second-order valence-electron chi connectivity index (χ2n) is 4.92. The third kappa shape index (κ3) is 3.83. The van der Waals surface area contributed by atoms with Crippen molar-refractivity contribution in [2.75, 3.05) is 39.4 Å². The predicted octanol–water partition coefficient (Wildman–Crippen LogP) is 1.22. The van der Waals surface area contributed by atoms with Crippen LogP contribution in [0.1, 0.15) is 19.8 Å². The maximum atomic E-state index is 12.9. The molecule has 104 valence electrons. The lowest BCUT2D eigenvalue weighted by Crippen LogP contribution is -2.59. The number of morpholine rings is 1. The van der Waals surface area contributed by atoms with Crippen LogP contribution in [0.5, 0.6) is 0 Å². The molecular weight excluding hydrogens is 255 g/mol. The van der Waals surface area contributed by atoms with Gasteiger partial charge in [-0.05, 0) is 32.9 Å². The summed E-state index contributed by atoms with van der Waals surface area (Å²) in [4.78, 5) is 2.23. The van der Waals surface area contributed by atoms with Gasteiger partial charge in [0.2, 0.25) is 0 Å². The highest BCUT2D eigenvalue weighted by Crippen LogP contribution is 2.30. The molecule has 1 unspecified atom stereocenters. The molecule has 1 atom stereocenters. The lowest BCUT2D eigenvalue weighted by molar-refractivity contribution is -0.168. The molecule has 0 amide bonds. The fourth-order valence-corrected chi connectivity index (χ4v) is 2.74. The Morgan fingerprint density at radius 1 is 1.44 bits per heavy atom. The highest BCUT2D eigenvalue weighted by atomic mass is 35.5. The topological polar surface area (TPSA) is 24.5 Å². The van der Waals surface area contributed by atoms with Crippen molar-refractivity contribution in [1.29, 1.82) is 0 Å². The van der Waals surface area contributed by atoms with E-state index in [0.717, 1.165) is 39.0 Å². The Kier molecular flexibility index (Phi) is 6.37. The van der Waals surface area contributed by atoms with Gasteiger partial charge in [-0.2, -0.15) is 0 Å². The van der Waals surface area contributed by atoms with E-state index in [2.05, 4.69) is 22.1 Å². The Morgan fingerprint density at radius 2 is 2.17 bits per heavy atom. The quantitative estimate of drug-likeness (QED) is 0.768. The van der Waals surface area contributed by atoms with Crippen LogP contribution < -0.4 is 5.32 Å². The summed E-state index contributed by atoms with van der Waals surface area (Å²) in [5.41, 5.74) is -0.143. The number of piperidine rings is 1. The molecule has 2 fully saturated rings. The van der Waals surface area contributed by atoms with Crippen LogP contribution in [0.3, 0.4) is 0 Å². The van der Waals surface area contributed by atoms with E-state index >= 15 is 0 Å². The molecule has 0 saturated carbocycles. The summed E-state index contributed by atoms with van der Waals surface area (Å²) in [6.45, 7) is 5.66. The van der Waals surface area contributed by atoms with Crippen molar-refractivity contribution in [3.05, 3.63) is 0 Å². The van der Waals surface area contributed by atoms with Gasteiger partial charge in [0.1, 0.15) is 6.67 Å². The summed E-state index contributed by atoms with van der Waals surface area (Å²) in [7, 11) is 0. The minimum absolute atomic E-state index is 0. The zero-order valence-corrected chi connectivity index (χ0v) is 11.7. The summed E-state index contributed by atoms with van der Waals surface area (Å²) in [5, 5.41) is 3.33. The Morgan fingerprint density at radius 3 is 2.78 bits per heavy atom. The second-order valence-corrected chi connectivity index (χ2v) is 4.92. The largest absolute Gasteiger partial charge is 0.366 e. The van der Waals surface area contributed by atoms with E-state index in [9.17, 15) is 4.39 Å². The molecule has 0 aliphatic carbocycles. The molecule has 0 aromatic rings. The Labute approximate surface area is 115 Å². The highest BCUT2D eigenvalue weighted by Gasteiger charge is 2.41. The normalized spacial score (nSPS) is 27.1. The summed E-state index contributed by atoms with van der Waals surface area (Å²) in [5.74, 6) is 5.97. The molecule has 2 heterocycles. The molecule has 1 spiro atoms. The first-order valence-electron chi connectivity index (χ1n) is 6.34. The molecule has 2 aliphatic rings. The number of hydrogen-bond donors (Lipinski definition) is 1. The van der Waals surface area contributed by atoms with E-state index in [4.69, 9.17) is 4.74 Å². The van der Waals surface area contributed by atoms with Gasteiger partial charge in [-0.1, -0.05) is 5.92 Å². The van der Waals surface area contributed by atoms with Gasteiger partial charge in [0.05, 0.1) is 18.2 Å². The fraction of sp³-hybridized carbons (Fsp3) is 0.846. The van der Waals surface area contributed by atoms with E-state index < -0.39 is 6.67 Å². The van der Waals surface area contributed by atoms with Crippen LogP contribution >= 0.6 is 12.4 Å². The Balaban J connectivity index is 0.00000162. The van der Waals surface area contributed by atoms with E-state index in [0.29, 0.717) is 6.54 Å². The van der Waals surface area contributed by atoms with Crippen molar-refractivity contribution in [3.8, 4) is 11.8 Å². The summed E-state index contributed by atoms with van der Waals surface area (Å²) >= 11 is 0. The van der Waals surface area contributed by atoms with Gasteiger partial charge < -0.3 is 10.1 Å². The van der Waals surface area contributed by atoms with E-state index in [1.165, 1.54) is 0 Å². The van der Waals surface area contributed by atoms with Crippen molar-refractivity contribution in [1.82, 2.24) is 10.2 Å². The first-order chi connectivity index (χ1) is 8.28. The van der Waals surface area contributed by atoms with Crippen LogP contribution in [0.25, 0.3) is 0 Å². The molecule has 0 aromatic heterocycles. The van der Waals surface area contributed by atoms with E-state index in [1.807, 2.05) is 6.92 Å². The molecular formula is C13H22ClFN2O. The van der Waals surface area contributed by atoms with Crippen LogP contribution in [-0.4, -0.2) is 56.0 Å². The van der Waals surface area contributed by atoms with Crippen molar-refractivity contribution in [2.24, 2.45) is 0 Å². The van der Waals surface area contributed by atoms with Crippen molar-refractivity contribution in [3.63, 3.8) is 0 Å². The minimum Gasteiger partial charge on any atom is -0.366 e. The van der Waals surface area contributed by atoms with Crippen molar-refractivity contribution >= 4 is 12.4 Å². The average molecular weight is 277 g/mol. The SMILES string of the molecule is CC#CCN1CC(CF)OC2(CCNCC2)C1.Cl. The Hall–Kier alpha value is -0.340. The van der Waals surface area contributed by atoms with Crippen LogP contribution in [0.15, 0.2) is 0 Å². The first kappa shape index (κ1) is 15.7. The van der Waals surface area contributed by atoms with Gasteiger partial charge in [0.15, 0.2) is 0 Å². The molecule has 1 N–H and O–H groups in total. The van der Waals surface area contributed by atoms with Gasteiger partial charge in [-0.3, -0.25) is 4.90 Å². The highest BCUT2D eigenvalue weighted by molar-refractivity contribution is 5.85. The van der Waals surface area contributed by atoms with Gasteiger partial charge in [0, 0.05) is 13.1 Å². The number of nitrogens with one attached hydrogen (secondary N) is 1. The molecule has 2 saturated heterocycles. The third-order valence-electron chi connectivity index (χ3n) is 3.56. The number of rotatable bonds is 2. The van der Waals surface area contributed by atoms with Gasteiger partial charge in [-0.25, -0.2) is 4.39 Å². The molecule has 2 rings (SSSR count). The second kappa shape index (κ2) is 7.30. The summed E-state index contributed by atoms with van der Waals surface area (Å²) < 4.78 is 18.9.